The SMILES string of the molecule is CCCCOc1nc(N)c2[nH]c(=O)n(Cc3ccc(OCCCCN(C)CC=O)nc3)c2n1. The van der Waals surface area contributed by atoms with Crippen molar-refractivity contribution < 1.29 is 14.3 Å². The Hall–Kier alpha value is -3.47. The minimum atomic E-state index is -0.336. The van der Waals surface area contributed by atoms with Gasteiger partial charge in [-0.25, -0.2) is 9.78 Å². The van der Waals surface area contributed by atoms with Crippen LogP contribution in [-0.4, -0.2) is 69.0 Å². The molecule has 3 N–H and O–H groups in total. The quantitative estimate of drug-likeness (QED) is 0.273. The molecule has 11 heteroatoms. The summed E-state index contributed by atoms with van der Waals surface area (Å²) in [4.78, 5) is 40.5. The maximum absolute atomic E-state index is 12.5. The molecule has 3 rings (SSSR count). The zero-order valence-corrected chi connectivity index (χ0v) is 19.1. The first-order valence-electron chi connectivity index (χ1n) is 11.1. The van der Waals surface area contributed by atoms with Crippen molar-refractivity contribution >= 4 is 23.3 Å². The molecule has 0 amide bonds. The highest BCUT2D eigenvalue weighted by Gasteiger charge is 2.15. The molecular formula is C22H31N7O4. The number of carbonyl (C=O) groups is 1. The Morgan fingerprint density at radius 3 is 2.73 bits per heavy atom. The third-order valence-electron chi connectivity index (χ3n) is 5.07. The number of hydrogen-bond donors (Lipinski definition) is 2. The van der Waals surface area contributed by atoms with E-state index in [1.54, 1.807) is 12.3 Å². The Morgan fingerprint density at radius 1 is 1.18 bits per heavy atom. The van der Waals surface area contributed by atoms with Crippen molar-refractivity contribution in [3.8, 4) is 11.9 Å². The molecule has 3 aromatic heterocycles. The number of carbonyl (C=O) groups excluding carboxylic acids is 1. The molecule has 0 aliphatic rings. The second kappa shape index (κ2) is 12.0. The summed E-state index contributed by atoms with van der Waals surface area (Å²) in [6, 6.07) is 3.78. The van der Waals surface area contributed by atoms with Crippen molar-refractivity contribution in [2.24, 2.45) is 0 Å². The van der Waals surface area contributed by atoms with Gasteiger partial charge in [0.25, 0.3) is 0 Å². The summed E-state index contributed by atoms with van der Waals surface area (Å²) in [5.41, 5.74) is 7.24. The van der Waals surface area contributed by atoms with Crippen LogP contribution in [0.3, 0.4) is 0 Å². The van der Waals surface area contributed by atoms with Crippen LogP contribution in [0.2, 0.25) is 0 Å². The number of nitrogens with zero attached hydrogens (tertiary/aromatic N) is 5. The molecule has 0 aromatic carbocycles. The maximum Gasteiger partial charge on any atom is 0.328 e. The Bertz CT molecular complexity index is 1090. The Kier molecular flexibility index (Phi) is 8.76. The molecule has 0 unspecified atom stereocenters. The molecular weight excluding hydrogens is 426 g/mol. The number of aromatic nitrogens is 5. The fraction of sp³-hybridized carbons (Fsp3) is 0.500. The lowest BCUT2D eigenvalue weighted by atomic mass is 10.3. The smallest absolute Gasteiger partial charge is 0.328 e. The van der Waals surface area contributed by atoms with Crippen molar-refractivity contribution in [3.05, 3.63) is 34.4 Å². The highest BCUT2D eigenvalue weighted by Crippen LogP contribution is 2.19. The van der Waals surface area contributed by atoms with Gasteiger partial charge in [-0.3, -0.25) is 9.47 Å². The number of fused-ring (bicyclic) bond motifs is 1. The van der Waals surface area contributed by atoms with E-state index in [4.69, 9.17) is 15.2 Å². The number of aromatic amines is 1. The van der Waals surface area contributed by atoms with Crippen molar-refractivity contribution in [1.82, 2.24) is 29.4 Å². The first kappa shape index (κ1) is 24.2. The average molecular weight is 458 g/mol. The number of imidazole rings is 1. The molecule has 0 spiro atoms. The Balaban J connectivity index is 1.61. The second-order valence-corrected chi connectivity index (χ2v) is 7.80. The van der Waals surface area contributed by atoms with E-state index in [1.807, 2.05) is 18.0 Å². The average Bonchev–Trinajstić information content (AvgIpc) is 3.11. The zero-order valence-electron chi connectivity index (χ0n) is 19.1. The van der Waals surface area contributed by atoms with Crippen LogP contribution >= 0.6 is 0 Å². The number of likely N-dealkylation sites (N-methyl/N-ethyl adjacent to an activating group) is 1. The van der Waals surface area contributed by atoms with Crippen LogP contribution in [0.15, 0.2) is 23.1 Å². The van der Waals surface area contributed by atoms with Gasteiger partial charge in [0, 0.05) is 12.3 Å². The Morgan fingerprint density at radius 2 is 2.00 bits per heavy atom. The van der Waals surface area contributed by atoms with Gasteiger partial charge in [-0.2, -0.15) is 9.97 Å². The van der Waals surface area contributed by atoms with E-state index in [0.29, 0.717) is 36.8 Å². The van der Waals surface area contributed by atoms with Crippen molar-refractivity contribution in [1.29, 1.82) is 0 Å². The highest BCUT2D eigenvalue weighted by atomic mass is 16.5. The second-order valence-electron chi connectivity index (χ2n) is 7.80. The molecule has 0 bridgehead atoms. The van der Waals surface area contributed by atoms with Crippen LogP contribution in [0.25, 0.3) is 11.2 Å². The number of aldehydes is 1. The van der Waals surface area contributed by atoms with Gasteiger partial charge >= 0.3 is 11.7 Å². The van der Waals surface area contributed by atoms with Crippen LogP contribution < -0.4 is 20.9 Å². The topological polar surface area (TPSA) is 141 Å². The number of unbranched alkanes of at least 4 members (excludes halogenated alkanes) is 2. The Labute approximate surface area is 191 Å². The molecule has 11 nitrogen and oxygen atoms in total. The molecule has 0 aliphatic carbocycles. The van der Waals surface area contributed by atoms with E-state index in [-0.39, 0.29) is 24.1 Å². The maximum atomic E-state index is 12.5. The van der Waals surface area contributed by atoms with Gasteiger partial charge in [0.15, 0.2) is 11.5 Å². The number of anilines is 1. The number of hydrogen-bond acceptors (Lipinski definition) is 9. The summed E-state index contributed by atoms with van der Waals surface area (Å²) in [7, 11) is 1.91. The van der Waals surface area contributed by atoms with Crippen LogP contribution in [0, 0.1) is 0 Å². The van der Waals surface area contributed by atoms with Crippen LogP contribution in [0.1, 0.15) is 38.2 Å². The monoisotopic (exact) mass is 457 g/mol. The zero-order chi connectivity index (χ0) is 23.6. The number of rotatable bonds is 14. The molecule has 0 aliphatic heterocycles. The van der Waals surface area contributed by atoms with E-state index in [2.05, 4.69) is 26.9 Å². The fourth-order valence-corrected chi connectivity index (χ4v) is 3.20. The molecule has 0 saturated carbocycles. The molecule has 0 fully saturated rings. The standard InChI is InChI=1S/C22H31N7O4/c1-3-4-12-33-21-26-19(23)18-20(27-21)29(22(31)25-18)15-16-7-8-17(24-14-16)32-13-6-5-9-28(2)10-11-30/h7-8,11,14H,3-6,9-10,12-13,15H2,1-2H3,(H,25,31)(H2,23,26,27). The number of pyridine rings is 1. The van der Waals surface area contributed by atoms with E-state index >= 15 is 0 Å². The first-order chi connectivity index (χ1) is 16.0. The van der Waals surface area contributed by atoms with E-state index in [0.717, 1.165) is 44.1 Å². The predicted molar refractivity (Wildman–Crippen MR) is 125 cm³/mol. The molecule has 0 atom stereocenters. The van der Waals surface area contributed by atoms with Gasteiger partial charge in [-0.15, -0.1) is 0 Å². The van der Waals surface area contributed by atoms with E-state index < -0.39 is 0 Å². The lowest BCUT2D eigenvalue weighted by molar-refractivity contribution is -0.108. The summed E-state index contributed by atoms with van der Waals surface area (Å²) in [5.74, 6) is 0.686. The highest BCUT2D eigenvalue weighted by molar-refractivity contribution is 5.81. The molecule has 33 heavy (non-hydrogen) atoms. The van der Waals surface area contributed by atoms with Crippen molar-refractivity contribution in [2.75, 3.05) is 39.1 Å². The van der Waals surface area contributed by atoms with Gasteiger partial charge in [0.1, 0.15) is 11.8 Å². The number of nitrogens with two attached hydrogens (primary N) is 1. The number of nitrogen functional groups attached to an aromatic ring is 1. The van der Waals surface area contributed by atoms with Gasteiger partial charge < -0.3 is 25.0 Å². The van der Waals surface area contributed by atoms with E-state index in [1.165, 1.54) is 4.57 Å². The lowest BCUT2D eigenvalue weighted by Gasteiger charge is -2.12. The normalized spacial score (nSPS) is 11.2. The predicted octanol–water partition coefficient (Wildman–Crippen LogP) is 1.61. The van der Waals surface area contributed by atoms with Crippen molar-refractivity contribution in [2.45, 2.75) is 39.2 Å². The van der Waals surface area contributed by atoms with Crippen LogP contribution in [0.4, 0.5) is 5.82 Å². The molecule has 3 aromatic rings. The summed E-state index contributed by atoms with van der Waals surface area (Å²) in [6.07, 6.45) is 6.22. The lowest BCUT2D eigenvalue weighted by Crippen LogP contribution is -2.22. The summed E-state index contributed by atoms with van der Waals surface area (Å²) in [5, 5.41) is 0. The van der Waals surface area contributed by atoms with Gasteiger partial charge in [-0.1, -0.05) is 19.4 Å². The third kappa shape index (κ3) is 6.75. The largest absolute Gasteiger partial charge is 0.478 e. The number of H-pyrrole nitrogens is 1. The minimum Gasteiger partial charge on any atom is -0.478 e. The third-order valence-corrected chi connectivity index (χ3v) is 5.07. The number of nitrogens with one attached hydrogen (secondary N) is 1. The van der Waals surface area contributed by atoms with Gasteiger partial charge in [0.2, 0.25) is 5.88 Å². The first-order valence-corrected chi connectivity index (χ1v) is 11.1. The molecule has 178 valence electrons. The molecule has 3 heterocycles. The minimum absolute atomic E-state index is 0.153. The van der Waals surface area contributed by atoms with Crippen molar-refractivity contribution in [3.63, 3.8) is 0 Å². The van der Waals surface area contributed by atoms with Gasteiger partial charge in [-0.05, 0) is 38.4 Å². The summed E-state index contributed by atoms with van der Waals surface area (Å²) in [6.45, 7) is 4.63. The fourth-order valence-electron chi connectivity index (χ4n) is 3.20. The van der Waals surface area contributed by atoms with Crippen LogP contribution in [-0.2, 0) is 11.3 Å². The molecule has 0 saturated heterocycles. The summed E-state index contributed by atoms with van der Waals surface area (Å²) >= 11 is 0. The van der Waals surface area contributed by atoms with Gasteiger partial charge in [0.05, 0.1) is 26.3 Å². The van der Waals surface area contributed by atoms with Crippen LogP contribution in [0.5, 0.6) is 11.9 Å². The molecule has 0 radical (unpaired) electrons. The number of ether oxygens (including phenoxy) is 2. The van der Waals surface area contributed by atoms with E-state index in [9.17, 15) is 9.59 Å². The summed E-state index contributed by atoms with van der Waals surface area (Å²) < 4.78 is 12.7.